The molecule has 134 valence electrons. The third kappa shape index (κ3) is 3.28. The van der Waals surface area contributed by atoms with E-state index in [4.69, 9.17) is 23.1 Å². The number of halogens is 1. The van der Waals surface area contributed by atoms with Crippen molar-refractivity contribution in [3.05, 3.63) is 28.8 Å². The van der Waals surface area contributed by atoms with Gasteiger partial charge in [0, 0.05) is 12.2 Å². The van der Waals surface area contributed by atoms with Gasteiger partial charge in [0.15, 0.2) is 0 Å². The summed E-state index contributed by atoms with van der Waals surface area (Å²) in [4.78, 5) is 22.7. The van der Waals surface area contributed by atoms with Crippen molar-refractivity contribution < 1.29 is 4.79 Å². The van der Waals surface area contributed by atoms with Crippen molar-refractivity contribution in [2.24, 2.45) is 21.5 Å². The summed E-state index contributed by atoms with van der Waals surface area (Å²) in [6.07, 6.45) is 4.95. The molecule has 3 rings (SSSR count). The van der Waals surface area contributed by atoms with Gasteiger partial charge in [-0.15, -0.1) is 0 Å². The van der Waals surface area contributed by atoms with Crippen LogP contribution < -0.4 is 21.7 Å². The monoisotopic (exact) mass is 362 g/mol. The lowest BCUT2D eigenvalue weighted by atomic mass is 9.87. The summed E-state index contributed by atoms with van der Waals surface area (Å²) in [7, 11) is 0. The minimum absolute atomic E-state index is 0.200. The summed E-state index contributed by atoms with van der Waals surface area (Å²) in [5.41, 5.74) is 12.7. The van der Waals surface area contributed by atoms with Crippen molar-refractivity contribution in [3.63, 3.8) is 0 Å². The summed E-state index contributed by atoms with van der Waals surface area (Å²) in [5.74, 6) is 0.311. The number of nitrogens with two attached hydrogens (primary N) is 2. The molecular formula is C17H23ClN6O. The smallest absolute Gasteiger partial charge is 0.252 e. The molecule has 1 aromatic carbocycles. The first-order valence-corrected chi connectivity index (χ1v) is 8.92. The van der Waals surface area contributed by atoms with Gasteiger partial charge in [-0.05, 0) is 50.8 Å². The van der Waals surface area contributed by atoms with E-state index in [1.54, 1.807) is 12.1 Å². The maximum absolute atomic E-state index is 12.1. The van der Waals surface area contributed by atoms with E-state index >= 15 is 0 Å². The van der Waals surface area contributed by atoms with Crippen molar-refractivity contribution >= 4 is 35.1 Å². The van der Waals surface area contributed by atoms with Gasteiger partial charge in [0.1, 0.15) is 5.66 Å². The van der Waals surface area contributed by atoms with Crippen LogP contribution in [0.25, 0.3) is 0 Å². The van der Waals surface area contributed by atoms with Crippen LogP contribution >= 0.6 is 11.6 Å². The Labute approximate surface area is 152 Å². The zero-order valence-electron chi connectivity index (χ0n) is 14.3. The second kappa shape index (κ2) is 6.92. The molecule has 8 heteroatoms. The predicted molar refractivity (Wildman–Crippen MR) is 101 cm³/mol. The standard InChI is InChI=1S/C17H23ClN6O/c1-2-21-14(25)12-7-6-11(10-13(12)18)24-16(20)22-15(19)23-17(24)8-4-3-5-9-17/h6-7,10H,2-5,8-9H2,1H3,(H,21,25)(H4,19,20,22,23). The number of amides is 1. The van der Waals surface area contributed by atoms with Crippen molar-refractivity contribution in [1.29, 1.82) is 0 Å². The van der Waals surface area contributed by atoms with Gasteiger partial charge in [-0.3, -0.25) is 9.69 Å². The minimum Gasteiger partial charge on any atom is -0.369 e. The van der Waals surface area contributed by atoms with E-state index in [-0.39, 0.29) is 11.9 Å². The van der Waals surface area contributed by atoms with E-state index in [2.05, 4.69) is 15.3 Å². The number of rotatable bonds is 3. The first-order chi connectivity index (χ1) is 12.0. The van der Waals surface area contributed by atoms with Crippen LogP contribution in [0.3, 0.4) is 0 Å². The Morgan fingerprint density at radius 1 is 1.32 bits per heavy atom. The topological polar surface area (TPSA) is 109 Å². The van der Waals surface area contributed by atoms with Gasteiger partial charge in [-0.2, -0.15) is 4.99 Å². The maximum Gasteiger partial charge on any atom is 0.252 e. The second-order valence-corrected chi connectivity index (χ2v) is 6.75. The van der Waals surface area contributed by atoms with E-state index in [9.17, 15) is 4.79 Å². The first kappa shape index (κ1) is 17.5. The van der Waals surface area contributed by atoms with Crippen LogP contribution in [0.4, 0.5) is 5.69 Å². The van der Waals surface area contributed by atoms with Crippen molar-refractivity contribution in [1.82, 2.24) is 5.32 Å². The van der Waals surface area contributed by atoms with Gasteiger partial charge >= 0.3 is 0 Å². The lowest BCUT2D eigenvalue weighted by Gasteiger charge is -2.45. The van der Waals surface area contributed by atoms with Crippen molar-refractivity contribution in [2.75, 3.05) is 11.4 Å². The molecule has 0 bridgehead atoms. The number of benzene rings is 1. The van der Waals surface area contributed by atoms with E-state index in [1.165, 1.54) is 6.42 Å². The molecule has 0 unspecified atom stereocenters. The Morgan fingerprint density at radius 3 is 2.68 bits per heavy atom. The highest BCUT2D eigenvalue weighted by molar-refractivity contribution is 6.34. The van der Waals surface area contributed by atoms with Gasteiger partial charge in [0.25, 0.3) is 5.91 Å². The number of hydrogen-bond donors (Lipinski definition) is 3. The lowest BCUT2D eigenvalue weighted by molar-refractivity contribution is 0.0956. The molecule has 1 amide bonds. The Morgan fingerprint density at radius 2 is 2.04 bits per heavy atom. The summed E-state index contributed by atoms with van der Waals surface area (Å²) < 4.78 is 0. The number of nitrogens with zero attached hydrogens (tertiary/aromatic N) is 3. The average Bonchev–Trinajstić information content (AvgIpc) is 2.55. The SMILES string of the molecule is CCNC(=O)c1ccc(N2C(N)=NC(N)=NC23CCCCC3)cc1Cl. The number of nitrogens with one attached hydrogen (secondary N) is 1. The molecule has 2 aliphatic rings. The molecule has 1 aliphatic heterocycles. The highest BCUT2D eigenvalue weighted by atomic mass is 35.5. The Hall–Kier alpha value is -2.28. The molecule has 1 saturated carbocycles. The largest absolute Gasteiger partial charge is 0.369 e. The predicted octanol–water partition coefficient (Wildman–Crippen LogP) is 2.20. The van der Waals surface area contributed by atoms with Gasteiger partial charge in [-0.1, -0.05) is 18.0 Å². The van der Waals surface area contributed by atoms with Gasteiger partial charge < -0.3 is 16.8 Å². The highest BCUT2D eigenvalue weighted by Crippen LogP contribution is 2.40. The van der Waals surface area contributed by atoms with Crippen molar-refractivity contribution in [2.45, 2.75) is 44.7 Å². The molecule has 1 spiro atoms. The van der Waals surface area contributed by atoms with Gasteiger partial charge in [-0.25, -0.2) is 4.99 Å². The number of hydrogen-bond acceptors (Lipinski definition) is 6. The summed E-state index contributed by atoms with van der Waals surface area (Å²) in [6.45, 7) is 2.40. The molecule has 0 saturated heterocycles. The molecule has 1 heterocycles. The number of aliphatic imine (C=N–C) groups is 2. The number of anilines is 1. The number of carbonyl (C=O) groups excluding carboxylic acids is 1. The average molecular weight is 363 g/mol. The van der Waals surface area contributed by atoms with Crippen LogP contribution in [0.1, 0.15) is 49.4 Å². The quantitative estimate of drug-likeness (QED) is 0.765. The molecule has 0 radical (unpaired) electrons. The van der Waals surface area contributed by atoms with Gasteiger partial charge in [0.05, 0.1) is 10.6 Å². The highest BCUT2D eigenvalue weighted by Gasteiger charge is 2.42. The van der Waals surface area contributed by atoms with Crippen LogP contribution in [0.5, 0.6) is 0 Å². The maximum atomic E-state index is 12.1. The molecule has 1 aliphatic carbocycles. The van der Waals surface area contributed by atoms with E-state index in [0.717, 1.165) is 31.4 Å². The van der Waals surface area contributed by atoms with E-state index in [0.29, 0.717) is 23.1 Å². The lowest BCUT2D eigenvalue weighted by Crippen LogP contribution is -2.58. The zero-order valence-corrected chi connectivity index (χ0v) is 15.0. The van der Waals surface area contributed by atoms with Gasteiger partial charge in [0.2, 0.25) is 11.9 Å². The Bertz CT molecular complexity index is 739. The fraction of sp³-hybridized carbons (Fsp3) is 0.471. The third-order valence-electron chi connectivity index (χ3n) is 4.64. The summed E-state index contributed by atoms with van der Waals surface area (Å²) in [5, 5.41) is 3.11. The molecule has 25 heavy (non-hydrogen) atoms. The Balaban J connectivity index is 2.00. The van der Waals surface area contributed by atoms with Crippen LogP contribution in [0.2, 0.25) is 5.02 Å². The third-order valence-corrected chi connectivity index (χ3v) is 4.96. The Kier molecular flexibility index (Phi) is 4.85. The zero-order chi connectivity index (χ0) is 18.0. The molecule has 0 aromatic heterocycles. The molecular weight excluding hydrogens is 340 g/mol. The normalized spacial score (nSPS) is 19.4. The summed E-state index contributed by atoms with van der Waals surface area (Å²) in [6, 6.07) is 5.27. The fourth-order valence-electron chi connectivity index (χ4n) is 3.58. The second-order valence-electron chi connectivity index (χ2n) is 6.34. The molecule has 5 N–H and O–H groups in total. The van der Waals surface area contributed by atoms with Crippen LogP contribution in [-0.2, 0) is 0 Å². The summed E-state index contributed by atoms with van der Waals surface area (Å²) >= 11 is 6.35. The van der Waals surface area contributed by atoms with Crippen LogP contribution in [-0.4, -0.2) is 30.0 Å². The number of guanidine groups is 2. The van der Waals surface area contributed by atoms with Crippen molar-refractivity contribution in [3.8, 4) is 0 Å². The van der Waals surface area contributed by atoms with E-state index < -0.39 is 5.66 Å². The molecule has 1 aromatic rings. The van der Waals surface area contributed by atoms with Crippen LogP contribution in [0, 0.1) is 0 Å². The minimum atomic E-state index is -0.523. The molecule has 7 nitrogen and oxygen atoms in total. The fourth-order valence-corrected chi connectivity index (χ4v) is 3.84. The first-order valence-electron chi connectivity index (χ1n) is 8.54. The van der Waals surface area contributed by atoms with E-state index in [1.807, 2.05) is 17.9 Å². The molecule has 0 atom stereocenters. The number of carbonyl (C=O) groups is 1. The van der Waals surface area contributed by atoms with Crippen LogP contribution in [0.15, 0.2) is 28.2 Å². The molecule has 1 fully saturated rings.